The second-order valence-electron chi connectivity index (χ2n) is 4.51. The van der Waals surface area contributed by atoms with Crippen LogP contribution < -0.4 is 10.9 Å². The predicted octanol–water partition coefficient (Wildman–Crippen LogP) is 1.92. The molecule has 1 aliphatic carbocycles. The molecule has 0 saturated heterocycles. The topological polar surface area (TPSA) is 75.8 Å². The van der Waals surface area contributed by atoms with Crippen LogP contribution in [-0.2, 0) is 10.0 Å². The number of benzene rings is 1. The van der Waals surface area contributed by atoms with Crippen molar-refractivity contribution < 1.29 is 8.42 Å². The highest BCUT2D eigenvalue weighted by Crippen LogP contribution is 2.39. The molecule has 1 fully saturated rings. The Labute approximate surface area is 110 Å². The van der Waals surface area contributed by atoms with E-state index in [4.69, 9.17) is 17.4 Å². The van der Waals surface area contributed by atoms with E-state index < -0.39 is 10.0 Å². The summed E-state index contributed by atoms with van der Waals surface area (Å²) < 4.78 is 28.0. The highest BCUT2D eigenvalue weighted by molar-refractivity contribution is 7.90. The van der Waals surface area contributed by atoms with Gasteiger partial charge in [-0.05, 0) is 25.0 Å². The van der Waals surface area contributed by atoms with E-state index in [9.17, 15) is 8.42 Å². The lowest BCUT2D eigenvalue weighted by Crippen LogP contribution is -2.47. The zero-order valence-corrected chi connectivity index (χ0v) is 11.1. The molecule has 0 radical (unpaired) electrons. The maximum absolute atomic E-state index is 12.1. The van der Waals surface area contributed by atoms with Crippen LogP contribution in [0.2, 0.25) is 5.02 Å². The van der Waals surface area contributed by atoms with Crippen LogP contribution >= 0.6 is 11.6 Å². The Balaban J connectivity index is 2.20. The Morgan fingerprint density at radius 2 is 2.11 bits per heavy atom. The van der Waals surface area contributed by atoms with E-state index in [0.717, 1.165) is 19.3 Å². The van der Waals surface area contributed by atoms with Gasteiger partial charge in [0, 0.05) is 5.92 Å². The molecule has 5 nitrogen and oxygen atoms in total. The summed E-state index contributed by atoms with van der Waals surface area (Å²) in [5.41, 5.74) is 0.330. The van der Waals surface area contributed by atoms with Gasteiger partial charge in [-0.1, -0.05) is 24.1 Å². The molecule has 2 aliphatic rings. The molecule has 18 heavy (non-hydrogen) atoms. The number of hydrogen-bond donors (Lipinski definition) is 1. The number of sulfonamides is 1. The fraction of sp³-hybridized carbons (Fsp3) is 0.364. The summed E-state index contributed by atoms with van der Waals surface area (Å²) >= 11 is 6.05. The summed E-state index contributed by atoms with van der Waals surface area (Å²) in [5, 5.41) is 1.65. The Kier molecular flexibility index (Phi) is 2.62. The lowest BCUT2D eigenvalue weighted by Gasteiger charge is -2.35. The smallest absolute Gasteiger partial charge is 0.262 e. The van der Waals surface area contributed by atoms with Crippen molar-refractivity contribution >= 4 is 33.1 Å². The van der Waals surface area contributed by atoms with Crippen LogP contribution in [0.5, 0.6) is 0 Å². The third kappa shape index (κ3) is 1.64. The molecular weight excluding hydrogens is 274 g/mol. The zero-order chi connectivity index (χ0) is 12.9. The number of nitrogens with two attached hydrogens (primary N) is 1. The molecule has 0 unspecified atom stereocenters. The fourth-order valence-corrected chi connectivity index (χ4v) is 3.81. The first-order valence-corrected chi connectivity index (χ1v) is 7.51. The molecule has 1 aromatic rings. The van der Waals surface area contributed by atoms with Gasteiger partial charge in [0.25, 0.3) is 10.0 Å². The van der Waals surface area contributed by atoms with Crippen LogP contribution in [0.1, 0.15) is 19.3 Å². The molecule has 0 atom stereocenters. The summed E-state index contributed by atoms with van der Waals surface area (Å²) in [7, 11) is -3.69. The highest BCUT2D eigenvalue weighted by Gasteiger charge is 2.36. The number of para-hydroxylation sites is 1. The molecule has 0 aromatic heterocycles. The van der Waals surface area contributed by atoms with Crippen molar-refractivity contribution in [3.63, 3.8) is 0 Å². The van der Waals surface area contributed by atoms with Crippen LogP contribution in [0, 0.1) is 5.92 Å². The van der Waals surface area contributed by atoms with Crippen LogP contribution in [0.3, 0.4) is 0 Å². The first kappa shape index (κ1) is 12.0. The molecule has 3 rings (SSSR count). The lowest BCUT2D eigenvalue weighted by molar-refractivity contribution is 0.408. The van der Waals surface area contributed by atoms with E-state index in [0.29, 0.717) is 16.5 Å². The normalized spacial score (nSPS) is 22.1. The molecule has 1 saturated carbocycles. The standard InChI is InChI=1S/C11H12ClN3O2S/c12-8-5-2-6-9-10(8)15(13)11(7-3-1-4-7)14-18(9,16)17/h2,5-7H,1,3-4,13H2. The van der Waals surface area contributed by atoms with Crippen molar-refractivity contribution in [1.82, 2.24) is 0 Å². The van der Waals surface area contributed by atoms with Crippen molar-refractivity contribution in [1.29, 1.82) is 0 Å². The Hall–Kier alpha value is -1.11. The molecular formula is C11H12ClN3O2S. The second kappa shape index (κ2) is 3.94. The third-order valence-corrected chi connectivity index (χ3v) is 5.02. The van der Waals surface area contributed by atoms with Gasteiger partial charge in [0.15, 0.2) is 0 Å². The molecule has 1 aliphatic heterocycles. The number of hydrogen-bond acceptors (Lipinski definition) is 4. The largest absolute Gasteiger partial charge is 0.286 e. The van der Waals surface area contributed by atoms with Gasteiger partial charge in [-0.2, -0.15) is 8.42 Å². The van der Waals surface area contributed by atoms with Gasteiger partial charge in [-0.15, -0.1) is 4.40 Å². The monoisotopic (exact) mass is 285 g/mol. The second-order valence-corrected chi connectivity index (χ2v) is 6.49. The van der Waals surface area contributed by atoms with Crippen molar-refractivity contribution in [2.75, 3.05) is 5.01 Å². The van der Waals surface area contributed by atoms with Gasteiger partial charge in [0.05, 0.1) is 10.7 Å². The van der Waals surface area contributed by atoms with Gasteiger partial charge >= 0.3 is 0 Å². The number of anilines is 1. The van der Waals surface area contributed by atoms with E-state index in [2.05, 4.69) is 4.40 Å². The van der Waals surface area contributed by atoms with Gasteiger partial charge in [0.2, 0.25) is 0 Å². The minimum atomic E-state index is -3.69. The van der Waals surface area contributed by atoms with Gasteiger partial charge in [-0.25, -0.2) is 5.84 Å². The minimum Gasteiger partial charge on any atom is -0.262 e. The predicted molar refractivity (Wildman–Crippen MR) is 70.1 cm³/mol. The molecule has 2 N–H and O–H groups in total. The van der Waals surface area contributed by atoms with Crippen LogP contribution in [-0.4, -0.2) is 14.3 Å². The van der Waals surface area contributed by atoms with Crippen LogP contribution in [0.25, 0.3) is 0 Å². The zero-order valence-electron chi connectivity index (χ0n) is 9.51. The summed E-state index contributed by atoms with van der Waals surface area (Å²) in [6.07, 6.45) is 2.91. The van der Waals surface area contributed by atoms with Crippen molar-refractivity contribution in [2.24, 2.45) is 16.2 Å². The summed E-state index contributed by atoms with van der Waals surface area (Å²) in [5.74, 6) is 6.50. The van der Waals surface area contributed by atoms with E-state index in [1.165, 1.54) is 11.1 Å². The lowest BCUT2D eigenvalue weighted by atomic mass is 9.84. The quantitative estimate of drug-likeness (QED) is 0.800. The third-order valence-electron chi connectivity index (χ3n) is 3.40. The summed E-state index contributed by atoms with van der Waals surface area (Å²) in [6, 6.07) is 4.67. The number of hydrazine groups is 1. The van der Waals surface area contributed by atoms with E-state index in [1.807, 2.05) is 0 Å². The number of halogens is 1. The van der Waals surface area contributed by atoms with E-state index in [1.54, 1.807) is 12.1 Å². The number of nitrogens with zero attached hydrogens (tertiary/aromatic N) is 2. The van der Waals surface area contributed by atoms with Gasteiger partial charge < -0.3 is 0 Å². The van der Waals surface area contributed by atoms with Gasteiger partial charge in [-0.3, -0.25) is 5.01 Å². The highest BCUT2D eigenvalue weighted by atomic mass is 35.5. The maximum Gasteiger partial charge on any atom is 0.286 e. The van der Waals surface area contributed by atoms with Gasteiger partial charge in [0.1, 0.15) is 10.7 Å². The van der Waals surface area contributed by atoms with E-state index >= 15 is 0 Å². The van der Waals surface area contributed by atoms with E-state index in [-0.39, 0.29) is 10.8 Å². The number of amidine groups is 1. The Bertz CT molecular complexity index is 638. The number of rotatable bonds is 1. The molecule has 1 aromatic carbocycles. The SMILES string of the molecule is NN1C(C2CCC2)=NS(=O)(=O)c2cccc(Cl)c21. The summed E-state index contributed by atoms with van der Waals surface area (Å²) in [6.45, 7) is 0. The molecule has 0 amide bonds. The molecule has 0 spiro atoms. The number of fused-ring (bicyclic) bond motifs is 1. The molecule has 0 bridgehead atoms. The summed E-state index contributed by atoms with van der Waals surface area (Å²) in [4.78, 5) is 0.0700. The minimum absolute atomic E-state index is 0.0700. The molecule has 96 valence electrons. The molecule has 1 heterocycles. The maximum atomic E-state index is 12.1. The van der Waals surface area contributed by atoms with Crippen molar-refractivity contribution in [3.05, 3.63) is 23.2 Å². The Morgan fingerprint density at radius 3 is 2.72 bits per heavy atom. The van der Waals surface area contributed by atoms with Crippen LogP contribution in [0.15, 0.2) is 27.5 Å². The van der Waals surface area contributed by atoms with Crippen molar-refractivity contribution in [3.8, 4) is 0 Å². The fourth-order valence-electron chi connectivity index (χ4n) is 2.21. The first-order chi connectivity index (χ1) is 8.50. The first-order valence-electron chi connectivity index (χ1n) is 5.69. The average molecular weight is 286 g/mol. The average Bonchev–Trinajstić information content (AvgIpc) is 2.23. The molecule has 7 heteroatoms. The van der Waals surface area contributed by atoms with Crippen LogP contribution in [0.4, 0.5) is 5.69 Å². The Morgan fingerprint density at radius 1 is 1.39 bits per heavy atom. The van der Waals surface area contributed by atoms with Crippen molar-refractivity contribution in [2.45, 2.75) is 24.2 Å².